The van der Waals surface area contributed by atoms with Crippen LogP contribution in [0.5, 0.6) is 0 Å². The summed E-state index contributed by atoms with van der Waals surface area (Å²) in [6.45, 7) is 4.48. The van der Waals surface area contributed by atoms with Crippen LogP contribution in [0.25, 0.3) is 0 Å². The molecule has 0 amide bonds. The van der Waals surface area contributed by atoms with Crippen LogP contribution in [0.15, 0.2) is 0 Å². The molecule has 0 saturated carbocycles. The lowest BCUT2D eigenvalue weighted by atomic mass is 9.76. The van der Waals surface area contributed by atoms with E-state index in [1.54, 1.807) is 0 Å². The molecule has 4 nitrogen and oxygen atoms in total. The summed E-state index contributed by atoms with van der Waals surface area (Å²) in [4.78, 5) is 11.3. The molecule has 0 bridgehead atoms. The molecule has 0 radical (unpaired) electrons. The first-order valence-electron chi connectivity index (χ1n) is 6.60. The lowest BCUT2D eigenvalue weighted by molar-refractivity contribution is -0.168. The van der Waals surface area contributed by atoms with E-state index >= 15 is 0 Å². The molecule has 0 aromatic carbocycles. The van der Waals surface area contributed by atoms with Crippen LogP contribution in [0.3, 0.4) is 0 Å². The number of hydrogen-bond acceptors (Lipinski definition) is 3. The molecule has 3 atom stereocenters. The van der Waals surface area contributed by atoms with Gasteiger partial charge in [-0.15, -0.1) is 0 Å². The van der Waals surface area contributed by atoms with Crippen LogP contribution in [-0.2, 0) is 9.53 Å². The molecular formula is C13H24O4. The fraction of sp³-hybridized carbons (Fsp3) is 0.923. The van der Waals surface area contributed by atoms with E-state index in [9.17, 15) is 15.0 Å². The molecule has 100 valence electrons. The van der Waals surface area contributed by atoms with Gasteiger partial charge in [0, 0.05) is 19.4 Å². The molecule has 1 heterocycles. The summed E-state index contributed by atoms with van der Waals surface area (Å²) >= 11 is 0. The van der Waals surface area contributed by atoms with Crippen LogP contribution in [0.4, 0.5) is 0 Å². The fourth-order valence-electron chi connectivity index (χ4n) is 2.69. The maximum atomic E-state index is 11.3. The van der Waals surface area contributed by atoms with Gasteiger partial charge in [0.1, 0.15) is 0 Å². The zero-order valence-electron chi connectivity index (χ0n) is 10.8. The normalized spacial score (nSPS) is 31.1. The Balaban J connectivity index is 2.72. The second-order valence-corrected chi connectivity index (χ2v) is 5.02. The van der Waals surface area contributed by atoms with E-state index in [2.05, 4.69) is 6.92 Å². The van der Waals surface area contributed by atoms with Gasteiger partial charge in [-0.3, -0.25) is 4.79 Å². The largest absolute Gasteiger partial charge is 0.481 e. The van der Waals surface area contributed by atoms with Gasteiger partial charge in [-0.1, -0.05) is 26.7 Å². The molecule has 1 fully saturated rings. The molecule has 1 rings (SSSR count). The van der Waals surface area contributed by atoms with Crippen molar-refractivity contribution in [2.45, 2.75) is 64.1 Å². The lowest BCUT2D eigenvalue weighted by Gasteiger charge is -2.40. The Hall–Kier alpha value is -0.610. The molecule has 17 heavy (non-hydrogen) atoms. The molecule has 0 aromatic heterocycles. The Morgan fingerprint density at radius 3 is 2.71 bits per heavy atom. The first-order valence-corrected chi connectivity index (χ1v) is 6.60. The monoisotopic (exact) mass is 244 g/mol. The Morgan fingerprint density at radius 1 is 1.47 bits per heavy atom. The average Bonchev–Trinajstić information content (AvgIpc) is 2.26. The van der Waals surface area contributed by atoms with Crippen molar-refractivity contribution in [1.29, 1.82) is 0 Å². The maximum Gasteiger partial charge on any atom is 0.309 e. The van der Waals surface area contributed by atoms with Crippen molar-refractivity contribution in [3.8, 4) is 0 Å². The molecular weight excluding hydrogens is 220 g/mol. The number of carbonyl (C=O) groups is 1. The summed E-state index contributed by atoms with van der Waals surface area (Å²) in [5, 5.41) is 19.8. The van der Waals surface area contributed by atoms with Crippen molar-refractivity contribution in [1.82, 2.24) is 0 Å². The first-order chi connectivity index (χ1) is 8.03. The first kappa shape index (κ1) is 14.5. The van der Waals surface area contributed by atoms with E-state index in [-0.39, 0.29) is 6.10 Å². The van der Waals surface area contributed by atoms with Crippen LogP contribution >= 0.6 is 0 Å². The Bertz CT molecular complexity index is 252. The van der Waals surface area contributed by atoms with Crippen LogP contribution in [0.2, 0.25) is 0 Å². The molecule has 1 aliphatic rings. The Labute approximate surface area is 103 Å². The van der Waals surface area contributed by atoms with E-state index in [0.29, 0.717) is 25.9 Å². The highest BCUT2D eigenvalue weighted by molar-refractivity contribution is 5.71. The van der Waals surface area contributed by atoms with E-state index < -0.39 is 17.5 Å². The summed E-state index contributed by atoms with van der Waals surface area (Å²) in [6, 6.07) is 0. The lowest BCUT2D eigenvalue weighted by Crippen LogP contribution is -2.49. The number of aliphatic carboxylic acids is 1. The molecule has 2 N–H and O–H groups in total. The van der Waals surface area contributed by atoms with E-state index in [4.69, 9.17) is 4.74 Å². The van der Waals surface area contributed by atoms with Gasteiger partial charge in [0.05, 0.1) is 17.6 Å². The molecule has 0 aromatic rings. The summed E-state index contributed by atoms with van der Waals surface area (Å²) in [5.41, 5.74) is -1.08. The van der Waals surface area contributed by atoms with Gasteiger partial charge in [-0.25, -0.2) is 0 Å². The predicted molar refractivity (Wildman–Crippen MR) is 64.9 cm³/mol. The van der Waals surface area contributed by atoms with Crippen molar-refractivity contribution in [3.63, 3.8) is 0 Å². The van der Waals surface area contributed by atoms with Crippen molar-refractivity contribution >= 4 is 5.97 Å². The van der Waals surface area contributed by atoms with Crippen LogP contribution < -0.4 is 0 Å². The Morgan fingerprint density at radius 2 is 2.18 bits per heavy atom. The van der Waals surface area contributed by atoms with Crippen LogP contribution in [0.1, 0.15) is 52.4 Å². The third-order valence-electron chi connectivity index (χ3n) is 3.60. The number of aliphatic hydroxyl groups is 1. The zero-order chi connectivity index (χ0) is 12.9. The van der Waals surface area contributed by atoms with Gasteiger partial charge >= 0.3 is 5.97 Å². The highest BCUT2D eigenvalue weighted by Crippen LogP contribution is 2.35. The summed E-state index contributed by atoms with van der Waals surface area (Å²) in [6.07, 6.45) is 4.09. The van der Waals surface area contributed by atoms with E-state index in [1.165, 1.54) is 0 Å². The quantitative estimate of drug-likeness (QED) is 0.751. The molecule has 0 spiro atoms. The summed E-state index contributed by atoms with van der Waals surface area (Å²) in [7, 11) is 0. The molecule has 1 saturated heterocycles. The summed E-state index contributed by atoms with van der Waals surface area (Å²) in [5.74, 6) is -1.54. The molecule has 3 unspecified atom stereocenters. The van der Waals surface area contributed by atoms with Gasteiger partial charge < -0.3 is 14.9 Å². The highest BCUT2D eigenvalue weighted by Gasteiger charge is 2.44. The number of rotatable bonds is 6. The van der Waals surface area contributed by atoms with Gasteiger partial charge in [0.15, 0.2) is 0 Å². The van der Waals surface area contributed by atoms with Gasteiger partial charge in [0.25, 0.3) is 0 Å². The molecule has 1 aliphatic heterocycles. The van der Waals surface area contributed by atoms with Crippen molar-refractivity contribution in [3.05, 3.63) is 0 Å². The standard InChI is InChI=1S/C13H24O4/c1-3-5-10-9-13(16,7-8-17-10)11(6-4-2)12(14)15/h10-11,16H,3-9H2,1-2H3,(H,14,15). The fourth-order valence-corrected chi connectivity index (χ4v) is 2.69. The van der Waals surface area contributed by atoms with E-state index in [0.717, 1.165) is 19.3 Å². The highest BCUT2D eigenvalue weighted by atomic mass is 16.5. The van der Waals surface area contributed by atoms with Crippen LogP contribution in [-0.4, -0.2) is 34.5 Å². The van der Waals surface area contributed by atoms with Crippen molar-refractivity contribution in [2.24, 2.45) is 5.92 Å². The topological polar surface area (TPSA) is 66.8 Å². The third kappa shape index (κ3) is 3.68. The van der Waals surface area contributed by atoms with Crippen LogP contribution in [0, 0.1) is 5.92 Å². The zero-order valence-corrected chi connectivity index (χ0v) is 10.8. The maximum absolute atomic E-state index is 11.3. The Kier molecular flexibility index (Phi) is 5.40. The van der Waals surface area contributed by atoms with Gasteiger partial charge in [-0.2, -0.15) is 0 Å². The summed E-state index contributed by atoms with van der Waals surface area (Å²) < 4.78 is 5.57. The second kappa shape index (κ2) is 6.36. The van der Waals surface area contributed by atoms with Gasteiger partial charge in [0.2, 0.25) is 0 Å². The SMILES string of the molecule is CCCC1CC(O)(C(CCC)C(=O)O)CCO1. The van der Waals surface area contributed by atoms with Gasteiger partial charge in [-0.05, 0) is 12.8 Å². The smallest absolute Gasteiger partial charge is 0.309 e. The average molecular weight is 244 g/mol. The minimum absolute atomic E-state index is 0.0115. The molecule has 0 aliphatic carbocycles. The number of hydrogen-bond donors (Lipinski definition) is 2. The third-order valence-corrected chi connectivity index (χ3v) is 3.60. The minimum Gasteiger partial charge on any atom is -0.481 e. The number of ether oxygens (including phenoxy) is 1. The number of carboxylic acids is 1. The number of carboxylic acid groups (broad SMARTS) is 1. The van der Waals surface area contributed by atoms with E-state index in [1.807, 2.05) is 6.92 Å². The minimum atomic E-state index is -1.08. The van der Waals surface area contributed by atoms with Crippen molar-refractivity contribution in [2.75, 3.05) is 6.61 Å². The predicted octanol–water partition coefficient (Wildman–Crippen LogP) is 2.20. The molecule has 4 heteroatoms. The second-order valence-electron chi connectivity index (χ2n) is 5.02. The van der Waals surface area contributed by atoms with Crippen molar-refractivity contribution < 1.29 is 19.7 Å².